The highest BCUT2D eigenvalue weighted by atomic mass is 19.4. The van der Waals surface area contributed by atoms with Gasteiger partial charge < -0.3 is 20.5 Å². The van der Waals surface area contributed by atoms with Gasteiger partial charge in [0, 0.05) is 5.92 Å². The second kappa shape index (κ2) is 8.66. The number of ether oxygens (including phenoxy) is 1. The van der Waals surface area contributed by atoms with Crippen LogP contribution in [0.25, 0.3) is 11.1 Å². The van der Waals surface area contributed by atoms with Crippen LogP contribution in [0.4, 0.5) is 18.0 Å². The van der Waals surface area contributed by atoms with E-state index in [1.165, 1.54) is 5.32 Å². The number of amides is 2. The van der Waals surface area contributed by atoms with Crippen LogP contribution in [0.2, 0.25) is 0 Å². The molecule has 0 spiro atoms. The van der Waals surface area contributed by atoms with Gasteiger partial charge >= 0.3 is 18.2 Å². The summed E-state index contributed by atoms with van der Waals surface area (Å²) in [7, 11) is 0. The van der Waals surface area contributed by atoms with E-state index in [4.69, 9.17) is 9.84 Å². The number of carbonyl (C=O) groups is 3. The maximum absolute atomic E-state index is 13.2. The number of nitrogens with one attached hydrogen (secondary N) is 2. The molecule has 1 aliphatic rings. The van der Waals surface area contributed by atoms with Crippen LogP contribution in [0.5, 0.6) is 0 Å². The number of carboxylic acid groups (broad SMARTS) is 1. The highest BCUT2D eigenvalue weighted by Gasteiger charge is 2.47. The Kier molecular flexibility index (Phi) is 6.19. The van der Waals surface area contributed by atoms with Crippen LogP contribution in [-0.2, 0) is 14.3 Å². The summed E-state index contributed by atoms with van der Waals surface area (Å²) in [6, 6.07) is 10.3. The van der Waals surface area contributed by atoms with Crippen LogP contribution in [-0.4, -0.2) is 47.9 Å². The van der Waals surface area contributed by atoms with Crippen molar-refractivity contribution in [2.75, 3.05) is 6.61 Å². The first kappa shape index (κ1) is 22.1. The minimum absolute atomic E-state index is 0.239. The van der Waals surface area contributed by atoms with E-state index in [2.05, 4.69) is 0 Å². The van der Waals surface area contributed by atoms with Gasteiger partial charge in [-0.05, 0) is 29.2 Å². The molecule has 164 valence electrons. The van der Waals surface area contributed by atoms with Crippen molar-refractivity contribution >= 4 is 18.0 Å². The van der Waals surface area contributed by atoms with E-state index in [1.807, 2.05) is 48.5 Å². The summed E-state index contributed by atoms with van der Waals surface area (Å²) in [6.45, 7) is 0.762. The number of carbonyl (C=O) groups excluding carboxylic acids is 2. The predicted octanol–water partition coefficient (Wildman–Crippen LogP) is 3.05. The molecule has 2 aromatic rings. The van der Waals surface area contributed by atoms with Gasteiger partial charge in [-0.3, -0.25) is 9.59 Å². The largest absolute Gasteiger partial charge is 0.480 e. The first-order valence-corrected chi connectivity index (χ1v) is 9.31. The molecule has 1 unspecified atom stereocenters. The molecule has 0 saturated carbocycles. The van der Waals surface area contributed by atoms with Crippen molar-refractivity contribution in [2.24, 2.45) is 0 Å². The van der Waals surface area contributed by atoms with Gasteiger partial charge in [0.25, 0.3) is 5.91 Å². The fourth-order valence-corrected chi connectivity index (χ4v) is 3.41. The second-order valence-corrected chi connectivity index (χ2v) is 7.01. The Morgan fingerprint density at radius 1 is 1.00 bits per heavy atom. The first-order valence-electron chi connectivity index (χ1n) is 9.31. The molecule has 0 saturated heterocycles. The van der Waals surface area contributed by atoms with E-state index in [9.17, 15) is 27.6 Å². The Labute approximate surface area is 175 Å². The van der Waals surface area contributed by atoms with E-state index in [-0.39, 0.29) is 12.5 Å². The van der Waals surface area contributed by atoms with Crippen LogP contribution in [0, 0.1) is 0 Å². The SMILES string of the molecule is C[C@H](NC(=O)C(NC(=O)OCC1c2ccccc2-c2ccccc21)C(F)(F)F)C(=O)O. The number of fused-ring (bicyclic) bond motifs is 3. The maximum atomic E-state index is 13.2. The van der Waals surface area contributed by atoms with Crippen molar-refractivity contribution in [3.8, 4) is 11.1 Å². The fraction of sp³-hybridized carbons (Fsp3) is 0.286. The van der Waals surface area contributed by atoms with E-state index in [0.29, 0.717) is 0 Å². The topological polar surface area (TPSA) is 105 Å². The molecule has 0 fully saturated rings. The van der Waals surface area contributed by atoms with E-state index < -0.39 is 36.2 Å². The Balaban J connectivity index is 1.70. The standard InChI is InChI=1S/C21H19F3N2O5/c1-11(19(28)29)25-18(27)17(21(22,23)24)26-20(30)31-10-16-14-8-4-2-6-12(14)13-7-3-5-9-15(13)16/h2-9,11,16-17H,10H2,1H3,(H,25,27)(H,26,30)(H,28,29)/t11-,17?/m0/s1. The lowest BCUT2D eigenvalue weighted by atomic mass is 9.98. The van der Waals surface area contributed by atoms with Crippen LogP contribution in [0.15, 0.2) is 48.5 Å². The molecule has 0 heterocycles. The minimum atomic E-state index is -5.14. The highest BCUT2D eigenvalue weighted by molar-refractivity contribution is 5.89. The average molecular weight is 436 g/mol. The fourth-order valence-electron chi connectivity index (χ4n) is 3.41. The second-order valence-electron chi connectivity index (χ2n) is 7.01. The first-order chi connectivity index (χ1) is 14.6. The van der Waals surface area contributed by atoms with Crippen LogP contribution < -0.4 is 10.6 Å². The lowest BCUT2D eigenvalue weighted by Gasteiger charge is -2.22. The number of halogens is 3. The van der Waals surface area contributed by atoms with Crippen LogP contribution in [0.1, 0.15) is 24.0 Å². The molecule has 0 aromatic heterocycles. The number of rotatable bonds is 6. The smallest absolute Gasteiger partial charge is 0.417 e. The zero-order valence-electron chi connectivity index (χ0n) is 16.3. The van der Waals surface area contributed by atoms with E-state index in [1.54, 1.807) is 5.32 Å². The van der Waals surface area contributed by atoms with Crippen molar-refractivity contribution in [3.63, 3.8) is 0 Å². The summed E-state index contributed by atoms with van der Waals surface area (Å²) in [5, 5.41) is 11.9. The third-order valence-electron chi connectivity index (χ3n) is 4.92. The molecular formula is C21H19F3N2O5. The van der Waals surface area contributed by atoms with Crippen molar-refractivity contribution in [1.29, 1.82) is 0 Å². The summed E-state index contributed by atoms with van der Waals surface area (Å²) in [5.74, 6) is -3.59. The van der Waals surface area contributed by atoms with E-state index in [0.717, 1.165) is 29.2 Å². The van der Waals surface area contributed by atoms with Crippen LogP contribution >= 0.6 is 0 Å². The number of hydrogen-bond donors (Lipinski definition) is 3. The summed E-state index contributed by atoms with van der Waals surface area (Å²) in [6.07, 6.45) is -6.59. The average Bonchev–Trinajstić information content (AvgIpc) is 3.03. The third kappa shape index (κ3) is 4.79. The molecule has 0 radical (unpaired) electrons. The third-order valence-corrected chi connectivity index (χ3v) is 4.92. The van der Waals surface area contributed by atoms with Gasteiger partial charge in [0.1, 0.15) is 12.6 Å². The van der Waals surface area contributed by atoms with Gasteiger partial charge in [0.15, 0.2) is 0 Å². The van der Waals surface area contributed by atoms with Gasteiger partial charge in [-0.1, -0.05) is 48.5 Å². The number of aliphatic carboxylic acids is 1. The molecule has 1 aliphatic carbocycles. The van der Waals surface area contributed by atoms with Gasteiger partial charge in [-0.15, -0.1) is 0 Å². The van der Waals surface area contributed by atoms with Crippen molar-refractivity contribution in [3.05, 3.63) is 59.7 Å². The zero-order chi connectivity index (χ0) is 22.8. The highest BCUT2D eigenvalue weighted by Crippen LogP contribution is 2.44. The Morgan fingerprint density at radius 2 is 1.52 bits per heavy atom. The van der Waals surface area contributed by atoms with Gasteiger partial charge in [0.05, 0.1) is 0 Å². The molecule has 7 nitrogen and oxygen atoms in total. The number of alkyl halides is 3. The molecule has 0 bridgehead atoms. The molecule has 3 N–H and O–H groups in total. The summed E-state index contributed by atoms with van der Waals surface area (Å²) in [5.41, 5.74) is 3.64. The molecule has 2 aromatic carbocycles. The van der Waals surface area contributed by atoms with E-state index >= 15 is 0 Å². The van der Waals surface area contributed by atoms with Gasteiger partial charge in [0.2, 0.25) is 6.04 Å². The van der Waals surface area contributed by atoms with Crippen molar-refractivity contribution < 1.29 is 37.4 Å². The zero-order valence-corrected chi connectivity index (χ0v) is 16.3. The van der Waals surface area contributed by atoms with Crippen molar-refractivity contribution in [1.82, 2.24) is 10.6 Å². The van der Waals surface area contributed by atoms with Gasteiger partial charge in [-0.2, -0.15) is 13.2 Å². The number of alkyl carbamates (subject to hydrolysis) is 1. The monoisotopic (exact) mass is 436 g/mol. The van der Waals surface area contributed by atoms with Gasteiger partial charge in [-0.25, -0.2) is 4.79 Å². The lowest BCUT2D eigenvalue weighted by molar-refractivity contribution is -0.169. The molecule has 0 aliphatic heterocycles. The lowest BCUT2D eigenvalue weighted by Crippen LogP contribution is -2.57. The molecule has 2 atom stereocenters. The van der Waals surface area contributed by atoms with Crippen LogP contribution in [0.3, 0.4) is 0 Å². The molecule has 31 heavy (non-hydrogen) atoms. The molecule has 10 heteroatoms. The minimum Gasteiger partial charge on any atom is -0.480 e. The number of hydrogen-bond acceptors (Lipinski definition) is 4. The Bertz CT molecular complexity index is 963. The summed E-state index contributed by atoms with van der Waals surface area (Å²) < 4.78 is 44.7. The quantitative estimate of drug-likeness (QED) is 0.646. The summed E-state index contributed by atoms with van der Waals surface area (Å²) in [4.78, 5) is 34.7. The molecule has 3 rings (SSSR count). The Hall–Kier alpha value is -3.56. The number of benzene rings is 2. The number of carboxylic acids is 1. The predicted molar refractivity (Wildman–Crippen MR) is 103 cm³/mol. The van der Waals surface area contributed by atoms with Crippen molar-refractivity contribution in [2.45, 2.75) is 31.1 Å². The Morgan fingerprint density at radius 3 is 2.00 bits per heavy atom. The normalized spacial score (nSPS) is 14.7. The maximum Gasteiger partial charge on any atom is 0.417 e. The molecular weight excluding hydrogens is 417 g/mol. The molecule has 2 amide bonds. The summed E-state index contributed by atoms with van der Waals surface area (Å²) >= 11 is 0.